The number of rotatable bonds is 4. The number of ether oxygens (including phenoxy) is 1. The molecule has 2 aliphatic heterocycles. The minimum absolute atomic E-state index is 0. The molecule has 4 rings (SSSR count). The highest BCUT2D eigenvalue weighted by Gasteiger charge is 2.29. The molecular formula is C21H27ClN4O3. The lowest BCUT2D eigenvalue weighted by Gasteiger charge is -2.18. The first-order valence-electron chi connectivity index (χ1n) is 9.70. The fourth-order valence-electron chi connectivity index (χ4n) is 4.12. The van der Waals surface area contributed by atoms with Crippen LogP contribution in [0, 0.1) is 12.8 Å². The summed E-state index contributed by atoms with van der Waals surface area (Å²) in [6.07, 6.45) is 2.02. The number of amides is 1. The van der Waals surface area contributed by atoms with Crippen LogP contribution in [0.4, 0.5) is 0 Å². The van der Waals surface area contributed by atoms with E-state index in [4.69, 9.17) is 4.74 Å². The zero-order valence-corrected chi connectivity index (χ0v) is 17.8. The maximum Gasteiger partial charge on any atom is 0.258 e. The van der Waals surface area contributed by atoms with Crippen LogP contribution < -0.4 is 15.6 Å². The molecule has 1 aromatic heterocycles. The number of hydrogen-bond acceptors (Lipinski definition) is 5. The van der Waals surface area contributed by atoms with E-state index < -0.39 is 0 Å². The molecule has 0 radical (unpaired) electrons. The third-order valence-electron chi connectivity index (χ3n) is 5.87. The van der Waals surface area contributed by atoms with E-state index in [9.17, 15) is 9.59 Å². The summed E-state index contributed by atoms with van der Waals surface area (Å²) in [4.78, 5) is 31.8. The number of aryl methyl sites for hydroxylation is 1. The Morgan fingerprint density at radius 3 is 2.83 bits per heavy atom. The van der Waals surface area contributed by atoms with Crippen LogP contribution in [-0.4, -0.2) is 40.6 Å². The summed E-state index contributed by atoms with van der Waals surface area (Å²) in [6.45, 7) is 4.52. The monoisotopic (exact) mass is 418 g/mol. The van der Waals surface area contributed by atoms with Gasteiger partial charge in [-0.3, -0.25) is 14.2 Å². The largest absolute Gasteiger partial charge is 0.496 e. The fraction of sp³-hybridized carbons (Fsp3) is 0.476. The van der Waals surface area contributed by atoms with Gasteiger partial charge in [-0.15, -0.1) is 12.4 Å². The zero-order chi connectivity index (χ0) is 19.8. The summed E-state index contributed by atoms with van der Waals surface area (Å²) in [5.74, 6) is 1.96. The SMILES string of the molecule is COc1ccc(C(=O)N2Cc3nc(C)n(C)c(=O)c3C2)cc1CC1CCNC1.Cl. The molecule has 8 heteroatoms. The first-order valence-corrected chi connectivity index (χ1v) is 9.70. The molecular weight excluding hydrogens is 392 g/mol. The number of nitrogens with zero attached hydrogens (tertiary/aromatic N) is 3. The van der Waals surface area contributed by atoms with Gasteiger partial charge in [0.1, 0.15) is 11.6 Å². The molecule has 156 valence electrons. The second-order valence-corrected chi connectivity index (χ2v) is 7.70. The lowest BCUT2D eigenvalue weighted by molar-refractivity contribution is 0.0750. The molecule has 1 fully saturated rings. The van der Waals surface area contributed by atoms with Crippen molar-refractivity contribution in [2.75, 3.05) is 20.2 Å². The standard InChI is InChI=1S/C21H26N4O3.ClH/c1-13-23-18-12-25(11-17(18)21(27)24(13)2)20(26)15-4-5-19(28-3)16(9-15)8-14-6-7-22-10-14;/h4-5,9,14,22H,6-8,10-12H2,1-3H3;1H. The van der Waals surface area contributed by atoms with Crippen molar-refractivity contribution in [1.82, 2.24) is 19.8 Å². The molecule has 0 aliphatic carbocycles. The molecule has 3 heterocycles. The van der Waals surface area contributed by atoms with E-state index in [0.717, 1.165) is 37.2 Å². The quantitative estimate of drug-likeness (QED) is 0.819. The van der Waals surface area contributed by atoms with Gasteiger partial charge in [-0.25, -0.2) is 4.98 Å². The Bertz CT molecular complexity index is 983. The Morgan fingerprint density at radius 1 is 1.34 bits per heavy atom. The van der Waals surface area contributed by atoms with E-state index in [2.05, 4.69) is 10.3 Å². The second kappa shape index (κ2) is 8.55. The molecule has 1 aromatic carbocycles. The predicted octanol–water partition coefficient (Wildman–Crippen LogP) is 1.83. The average Bonchev–Trinajstić information content (AvgIpc) is 3.35. The van der Waals surface area contributed by atoms with Gasteiger partial charge < -0.3 is 15.0 Å². The van der Waals surface area contributed by atoms with Gasteiger partial charge in [0.05, 0.1) is 31.5 Å². The van der Waals surface area contributed by atoms with Gasteiger partial charge in [0.15, 0.2) is 0 Å². The number of hydrogen-bond donors (Lipinski definition) is 1. The Hall–Kier alpha value is -2.38. The summed E-state index contributed by atoms with van der Waals surface area (Å²) in [7, 11) is 3.37. The third kappa shape index (κ3) is 4.02. The van der Waals surface area contributed by atoms with Crippen LogP contribution in [0.15, 0.2) is 23.0 Å². The highest BCUT2D eigenvalue weighted by molar-refractivity contribution is 5.95. The van der Waals surface area contributed by atoms with Gasteiger partial charge in [0.2, 0.25) is 0 Å². The van der Waals surface area contributed by atoms with E-state index in [1.165, 1.54) is 4.57 Å². The van der Waals surface area contributed by atoms with Crippen LogP contribution in [0.1, 0.15) is 39.4 Å². The molecule has 1 N–H and O–H groups in total. The molecule has 0 spiro atoms. The average molecular weight is 419 g/mol. The molecule has 1 saturated heterocycles. The summed E-state index contributed by atoms with van der Waals surface area (Å²) < 4.78 is 7.04. The van der Waals surface area contributed by atoms with Crippen LogP contribution in [0.5, 0.6) is 5.75 Å². The topological polar surface area (TPSA) is 76.5 Å². The molecule has 0 saturated carbocycles. The number of fused-ring (bicyclic) bond motifs is 1. The van der Waals surface area contributed by atoms with Gasteiger partial charge >= 0.3 is 0 Å². The van der Waals surface area contributed by atoms with Crippen molar-refractivity contribution in [1.29, 1.82) is 0 Å². The van der Waals surface area contributed by atoms with Crippen molar-refractivity contribution < 1.29 is 9.53 Å². The Morgan fingerprint density at radius 2 is 2.14 bits per heavy atom. The van der Waals surface area contributed by atoms with Gasteiger partial charge in [0.25, 0.3) is 11.5 Å². The number of halogens is 1. The van der Waals surface area contributed by atoms with Gasteiger partial charge in [-0.2, -0.15) is 0 Å². The molecule has 2 aromatic rings. The van der Waals surface area contributed by atoms with E-state index in [-0.39, 0.29) is 23.9 Å². The lowest BCUT2D eigenvalue weighted by Crippen LogP contribution is -2.27. The molecule has 1 atom stereocenters. The number of carbonyl (C=O) groups excluding carboxylic acids is 1. The van der Waals surface area contributed by atoms with Crippen molar-refractivity contribution in [3.8, 4) is 5.75 Å². The van der Waals surface area contributed by atoms with Crippen LogP contribution in [0.2, 0.25) is 0 Å². The van der Waals surface area contributed by atoms with E-state index >= 15 is 0 Å². The minimum atomic E-state index is -0.0776. The van der Waals surface area contributed by atoms with Crippen LogP contribution in [0.25, 0.3) is 0 Å². The first kappa shape index (κ1) is 21.3. The van der Waals surface area contributed by atoms with Gasteiger partial charge in [0, 0.05) is 12.6 Å². The van der Waals surface area contributed by atoms with Crippen molar-refractivity contribution in [3.05, 3.63) is 56.8 Å². The number of carbonyl (C=O) groups is 1. The Labute approximate surface area is 176 Å². The smallest absolute Gasteiger partial charge is 0.258 e. The maximum atomic E-state index is 13.1. The molecule has 2 aliphatic rings. The minimum Gasteiger partial charge on any atom is -0.496 e. The van der Waals surface area contributed by atoms with Gasteiger partial charge in [-0.1, -0.05) is 0 Å². The lowest BCUT2D eigenvalue weighted by atomic mass is 9.96. The van der Waals surface area contributed by atoms with Crippen LogP contribution in [-0.2, 0) is 26.6 Å². The van der Waals surface area contributed by atoms with Crippen molar-refractivity contribution in [2.45, 2.75) is 32.9 Å². The third-order valence-corrected chi connectivity index (χ3v) is 5.87. The van der Waals surface area contributed by atoms with Gasteiger partial charge in [-0.05, 0) is 62.5 Å². The fourth-order valence-corrected chi connectivity index (χ4v) is 4.12. The van der Waals surface area contributed by atoms with E-state index in [1.807, 2.05) is 12.1 Å². The van der Waals surface area contributed by atoms with Crippen molar-refractivity contribution >= 4 is 18.3 Å². The summed E-state index contributed by atoms with van der Waals surface area (Å²) in [5.41, 5.74) is 2.95. The molecule has 1 amide bonds. The van der Waals surface area contributed by atoms with Crippen LogP contribution in [0.3, 0.4) is 0 Å². The molecule has 1 unspecified atom stereocenters. The molecule has 29 heavy (non-hydrogen) atoms. The van der Waals surface area contributed by atoms with E-state index in [0.29, 0.717) is 41.7 Å². The Kier molecular flexibility index (Phi) is 6.29. The highest BCUT2D eigenvalue weighted by atomic mass is 35.5. The predicted molar refractivity (Wildman–Crippen MR) is 113 cm³/mol. The second-order valence-electron chi connectivity index (χ2n) is 7.70. The maximum absolute atomic E-state index is 13.1. The normalized spacial score (nSPS) is 17.8. The highest BCUT2D eigenvalue weighted by Crippen LogP contribution is 2.27. The Balaban J connectivity index is 0.00000240. The first-order chi connectivity index (χ1) is 13.5. The summed E-state index contributed by atoms with van der Waals surface area (Å²) in [5, 5.41) is 3.38. The molecule has 7 nitrogen and oxygen atoms in total. The van der Waals surface area contributed by atoms with Crippen LogP contribution >= 0.6 is 12.4 Å². The van der Waals surface area contributed by atoms with Crippen molar-refractivity contribution in [3.63, 3.8) is 0 Å². The van der Waals surface area contributed by atoms with E-state index in [1.54, 1.807) is 32.0 Å². The number of methoxy groups -OCH3 is 1. The zero-order valence-electron chi connectivity index (χ0n) is 17.0. The number of benzene rings is 1. The summed E-state index contributed by atoms with van der Waals surface area (Å²) in [6, 6.07) is 5.62. The van der Waals surface area contributed by atoms with Crippen molar-refractivity contribution in [2.24, 2.45) is 13.0 Å². The number of nitrogens with one attached hydrogen (secondary N) is 1. The summed E-state index contributed by atoms with van der Waals surface area (Å²) >= 11 is 0. The molecule has 0 bridgehead atoms. The number of aromatic nitrogens is 2.